The third-order valence-corrected chi connectivity index (χ3v) is 2.46. The van der Waals surface area contributed by atoms with Crippen molar-refractivity contribution in [3.8, 4) is 0 Å². The van der Waals surface area contributed by atoms with Gasteiger partial charge in [-0.2, -0.15) is 0 Å². The summed E-state index contributed by atoms with van der Waals surface area (Å²) in [6, 6.07) is 10.7. The van der Waals surface area contributed by atoms with E-state index in [1.807, 2.05) is 0 Å². The second kappa shape index (κ2) is 3.72. The van der Waals surface area contributed by atoms with E-state index in [0.29, 0.717) is 0 Å². The van der Waals surface area contributed by atoms with Crippen molar-refractivity contribution in [1.82, 2.24) is 0 Å². The van der Waals surface area contributed by atoms with Crippen molar-refractivity contribution in [2.24, 2.45) is 0 Å². The highest BCUT2D eigenvalue weighted by molar-refractivity contribution is 6.32. The molecule has 0 aliphatic rings. The predicted molar refractivity (Wildman–Crippen MR) is 43.2 cm³/mol. The third-order valence-electron chi connectivity index (χ3n) is 1.38. The van der Waals surface area contributed by atoms with Gasteiger partial charge in [-0.15, -0.1) is 5.79 Å². The molecule has 0 atom stereocenters. The van der Waals surface area contributed by atoms with Crippen molar-refractivity contribution in [1.29, 1.82) is 0 Å². The standard InChI is InChI=1S/C7H7.CH3.Al.H/c1-7-5-3-2-4-6-7;;;/h2-6H,1H2;1H3;;. The molecule has 0 fully saturated rings. The SMILES string of the molecule is [CH3][AlH][CH2]c1ccccc1. The van der Waals surface area contributed by atoms with Crippen LogP contribution < -0.4 is 0 Å². The van der Waals surface area contributed by atoms with Crippen LogP contribution in [-0.4, -0.2) is 15.2 Å². The lowest BCUT2D eigenvalue weighted by Gasteiger charge is -1.92. The molecule has 1 aromatic rings. The quantitative estimate of drug-likeness (QED) is 0.540. The van der Waals surface area contributed by atoms with Gasteiger partial charge in [0.1, 0.15) is 0 Å². The number of benzene rings is 1. The van der Waals surface area contributed by atoms with Gasteiger partial charge in [0.15, 0.2) is 0 Å². The molecule has 0 amide bonds. The fraction of sp³-hybridized carbons (Fsp3) is 0.250. The molecule has 0 saturated carbocycles. The topological polar surface area (TPSA) is 0 Å². The Labute approximate surface area is 62.6 Å². The zero-order valence-electron chi connectivity index (χ0n) is 5.80. The van der Waals surface area contributed by atoms with Gasteiger partial charge in [-0.3, -0.25) is 0 Å². The summed E-state index contributed by atoms with van der Waals surface area (Å²) in [6.07, 6.45) is 0. The molecule has 0 unspecified atom stereocenters. The van der Waals surface area contributed by atoms with Crippen LogP contribution in [0.3, 0.4) is 0 Å². The average molecular weight is 134 g/mol. The largest absolute Gasteiger partial charge is 0.239 e. The molecule has 0 nitrogen and oxygen atoms in total. The van der Waals surface area contributed by atoms with Crippen molar-refractivity contribution in [2.45, 2.75) is 11.1 Å². The summed E-state index contributed by atoms with van der Waals surface area (Å²) in [5.41, 5.74) is 1.51. The molecule has 1 heteroatoms. The Balaban J connectivity index is 2.61. The smallest absolute Gasteiger partial charge is 0.109 e. The Morgan fingerprint density at radius 2 is 1.89 bits per heavy atom. The Morgan fingerprint density at radius 1 is 1.22 bits per heavy atom. The monoisotopic (exact) mass is 134 g/mol. The molecule has 0 aromatic heterocycles. The first kappa shape index (κ1) is 6.87. The summed E-state index contributed by atoms with van der Waals surface area (Å²) in [6.45, 7) is 0. The Morgan fingerprint density at radius 3 is 2.44 bits per heavy atom. The van der Waals surface area contributed by atoms with Crippen LogP contribution in [-0.2, 0) is 5.28 Å². The molecule has 9 heavy (non-hydrogen) atoms. The van der Waals surface area contributed by atoms with Crippen LogP contribution in [0.5, 0.6) is 0 Å². The van der Waals surface area contributed by atoms with Crippen LogP contribution in [0.2, 0.25) is 5.79 Å². The van der Waals surface area contributed by atoms with E-state index in [2.05, 4.69) is 36.1 Å². The zero-order valence-corrected chi connectivity index (χ0v) is 7.22. The second-order valence-electron chi connectivity index (χ2n) is 2.24. The van der Waals surface area contributed by atoms with Gasteiger partial charge in [-0.1, -0.05) is 41.2 Å². The molecule has 0 spiro atoms. The average Bonchev–Trinajstić information content (AvgIpc) is 1.91. The van der Waals surface area contributed by atoms with Crippen molar-refractivity contribution < 1.29 is 0 Å². The van der Waals surface area contributed by atoms with Gasteiger partial charge in [0.2, 0.25) is 15.2 Å². The first-order chi connectivity index (χ1) is 4.43. The molecule has 0 heterocycles. The summed E-state index contributed by atoms with van der Waals surface area (Å²) in [7, 11) is 0. The van der Waals surface area contributed by atoms with E-state index in [1.165, 1.54) is 10.8 Å². The first-order valence-electron chi connectivity index (χ1n) is 3.47. The molecule has 0 radical (unpaired) electrons. The Hall–Kier alpha value is -0.248. The van der Waals surface area contributed by atoms with E-state index in [9.17, 15) is 0 Å². The van der Waals surface area contributed by atoms with Gasteiger partial charge in [-0.25, -0.2) is 0 Å². The van der Waals surface area contributed by atoms with E-state index in [-0.39, 0.29) is 15.2 Å². The van der Waals surface area contributed by atoms with Crippen LogP contribution in [0, 0.1) is 0 Å². The second-order valence-corrected chi connectivity index (χ2v) is 3.74. The van der Waals surface area contributed by atoms with Crippen molar-refractivity contribution >= 4 is 15.2 Å². The van der Waals surface area contributed by atoms with Crippen LogP contribution in [0.15, 0.2) is 30.3 Å². The molecule has 0 aliphatic heterocycles. The summed E-state index contributed by atoms with van der Waals surface area (Å²) < 4.78 is 0. The number of hydrogen-bond acceptors (Lipinski definition) is 0. The molecular weight excluding hydrogens is 123 g/mol. The number of rotatable bonds is 2. The van der Waals surface area contributed by atoms with E-state index >= 15 is 0 Å². The van der Waals surface area contributed by atoms with Crippen LogP contribution in [0.1, 0.15) is 5.56 Å². The van der Waals surface area contributed by atoms with E-state index in [1.54, 1.807) is 0 Å². The van der Waals surface area contributed by atoms with Gasteiger partial charge < -0.3 is 0 Å². The minimum Gasteiger partial charge on any atom is -0.109 e. The summed E-state index contributed by atoms with van der Waals surface area (Å²) >= 11 is 0.216. The molecule has 0 aliphatic carbocycles. The lowest BCUT2D eigenvalue weighted by atomic mass is 10.2. The molecule has 0 saturated heterocycles. The molecule has 46 valence electrons. The van der Waals surface area contributed by atoms with Gasteiger partial charge in [0.05, 0.1) is 0 Å². The maximum absolute atomic E-state index is 2.34. The fourth-order valence-electron chi connectivity index (χ4n) is 0.933. The van der Waals surface area contributed by atoms with Crippen molar-refractivity contribution in [3.05, 3.63) is 35.9 Å². The molecular formula is C8H11Al. The van der Waals surface area contributed by atoms with Gasteiger partial charge in [0, 0.05) is 0 Å². The highest BCUT2D eigenvalue weighted by Crippen LogP contribution is 1.97. The highest BCUT2D eigenvalue weighted by Gasteiger charge is 1.87. The molecule has 0 bridgehead atoms. The van der Waals surface area contributed by atoms with Crippen molar-refractivity contribution in [3.63, 3.8) is 0 Å². The summed E-state index contributed by atoms with van der Waals surface area (Å²) in [5.74, 6) is 2.34. The first-order valence-corrected chi connectivity index (χ1v) is 5.89. The summed E-state index contributed by atoms with van der Waals surface area (Å²) in [4.78, 5) is 0. The van der Waals surface area contributed by atoms with Gasteiger partial charge in [-0.05, 0) is 0 Å². The summed E-state index contributed by atoms with van der Waals surface area (Å²) in [5, 5.41) is 1.35. The molecule has 1 rings (SSSR count). The molecule has 0 N–H and O–H groups in total. The number of hydrogen-bond donors (Lipinski definition) is 0. The van der Waals surface area contributed by atoms with Gasteiger partial charge >= 0.3 is 0 Å². The normalized spacial score (nSPS) is 9.00. The van der Waals surface area contributed by atoms with E-state index in [4.69, 9.17) is 0 Å². The Kier molecular flexibility index (Phi) is 2.84. The lowest BCUT2D eigenvalue weighted by molar-refractivity contribution is 1.38. The van der Waals surface area contributed by atoms with E-state index in [0.717, 1.165) is 0 Å². The third kappa shape index (κ3) is 2.22. The van der Waals surface area contributed by atoms with Crippen molar-refractivity contribution in [2.75, 3.05) is 0 Å². The maximum atomic E-state index is 2.34. The zero-order chi connectivity index (χ0) is 6.53. The van der Waals surface area contributed by atoms with E-state index < -0.39 is 0 Å². The highest BCUT2D eigenvalue weighted by atomic mass is 27.1. The van der Waals surface area contributed by atoms with Gasteiger partial charge in [0.25, 0.3) is 0 Å². The molecule has 1 aromatic carbocycles. The van der Waals surface area contributed by atoms with Crippen LogP contribution in [0.4, 0.5) is 0 Å². The van der Waals surface area contributed by atoms with Crippen LogP contribution >= 0.6 is 0 Å². The maximum Gasteiger partial charge on any atom is 0.239 e. The van der Waals surface area contributed by atoms with Crippen LogP contribution in [0.25, 0.3) is 0 Å². The lowest BCUT2D eigenvalue weighted by Crippen LogP contribution is -1.88. The minimum atomic E-state index is 0.216. The Bertz CT molecular complexity index is 157. The minimum absolute atomic E-state index is 0.216. The predicted octanol–water partition coefficient (Wildman–Crippen LogP) is 1.67. The fourth-order valence-corrected chi connectivity index (χ4v) is 1.84.